The van der Waals surface area contributed by atoms with Gasteiger partial charge in [0, 0.05) is 6.54 Å². The van der Waals surface area contributed by atoms with E-state index in [-0.39, 0.29) is 37.9 Å². The Kier molecular flexibility index (Phi) is 20.3. The number of urea groups is 1. The summed E-state index contributed by atoms with van der Waals surface area (Å²) in [6, 6.07) is 1.77. The van der Waals surface area contributed by atoms with E-state index in [0.29, 0.717) is 6.42 Å². The van der Waals surface area contributed by atoms with Crippen LogP contribution in [-0.4, -0.2) is 103 Å². The van der Waals surface area contributed by atoms with Crippen LogP contribution in [0.5, 0.6) is 0 Å². The van der Waals surface area contributed by atoms with Gasteiger partial charge < -0.3 is 52.6 Å². The van der Waals surface area contributed by atoms with Crippen LogP contribution in [0.4, 0.5) is 9.59 Å². The lowest BCUT2D eigenvalue weighted by Crippen LogP contribution is -2.61. The van der Waals surface area contributed by atoms with Gasteiger partial charge in [-0.15, -0.1) is 0 Å². The molecule has 5 atom stereocenters. The Labute approximate surface area is 308 Å². The summed E-state index contributed by atoms with van der Waals surface area (Å²) in [5.74, 6) is -4.65. The fourth-order valence-corrected chi connectivity index (χ4v) is 4.58. The topological polar surface area (TPSA) is 307 Å². The second-order valence-corrected chi connectivity index (χ2v) is 12.7. The number of aliphatic hydroxyl groups excluding tert-OH is 1. The van der Waals surface area contributed by atoms with Gasteiger partial charge in [0.1, 0.15) is 36.8 Å². The SMILES string of the molecule is COC(=O)[C@H](C)NC(=O)[C@H](CO)NC(=O)NNC(=O)[C@@H](NC(=O)[C@H](CC(C)C)NC(=O)[C@H](CCCN=C(N)N)NC(=O)OCc1ccccc1)C(C)C. The number of methoxy groups -OCH3 is 1. The van der Waals surface area contributed by atoms with Crippen molar-refractivity contribution in [3.8, 4) is 0 Å². The van der Waals surface area contributed by atoms with E-state index in [4.69, 9.17) is 16.2 Å². The third-order valence-corrected chi connectivity index (χ3v) is 7.37. The van der Waals surface area contributed by atoms with E-state index in [2.05, 4.69) is 41.7 Å². The number of hydrogen-bond donors (Lipinski definition) is 10. The first-order valence-corrected chi connectivity index (χ1v) is 17.0. The van der Waals surface area contributed by atoms with Crippen LogP contribution in [0.3, 0.4) is 0 Å². The molecule has 0 aliphatic rings. The van der Waals surface area contributed by atoms with E-state index in [9.17, 15) is 38.7 Å². The minimum atomic E-state index is -1.49. The molecule has 1 aromatic rings. The molecule has 7 amide bonds. The van der Waals surface area contributed by atoms with Crippen LogP contribution in [0.2, 0.25) is 0 Å². The van der Waals surface area contributed by atoms with Crippen LogP contribution >= 0.6 is 0 Å². The lowest BCUT2D eigenvalue weighted by Gasteiger charge is -2.27. The maximum atomic E-state index is 13.6. The number of aliphatic imine (C=N–C) groups is 1. The van der Waals surface area contributed by atoms with Crippen molar-refractivity contribution in [2.24, 2.45) is 28.3 Å². The summed E-state index contributed by atoms with van der Waals surface area (Å²) in [6.07, 6.45) is -0.325. The summed E-state index contributed by atoms with van der Waals surface area (Å²) in [7, 11) is 1.12. The van der Waals surface area contributed by atoms with Gasteiger partial charge in [-0.05, 0) is 43.6 Å². The number of carbonyl (C=O) groups excluding carboxylic acids is 7. The second kappa shape index (κ2) is 23.7. The average molecular weight is 751 g/mol. The van der Waals surface area contributed by atoms with E-state index < -0.39 is 84.5 Å². The third-order valence-electron chi connectivity index (χ3n) is 7.37. The third kappa shape index (κ3) is 17.9. The molecular weight excluding hydrogens is 696 g/mol. The van der Waals surface area contributed by atoms with Crippen molar-refractivity contribution in [3.63, 3.8) is 0 Å². The quantitative estimate of drug-likeness (QED) is 0.0236. The molecule has 12 N–H and O–H groups in total. The highest BCUT2D eigenvalue weighted by atomic mass is 16.5. The standard InChI is InChI=1S/C33H54N10O10/c1-18(2)15-23(38-26(45)22(13-10-14-36-31(34)35)40-33(51)53-17-21-11-8-7-9-12-21)27(46)41-25(19(3)4)29(48)42-43-32(50)39-24(16-44)28(47)37-20(5)30(49)52-6/h7-9,11-12,18-20,22-25,44H,10,13-17H2,1-6H3,(H,37,47)(H,38,45)(H,40,51)(H,41,46)(H,42,48)(H4,34,35,36)(H2,39,43,50)/t20-,22-,23-,24-,25-/m0/s1. The molecule has 0 aromatic heterocycles. The zero-order valence-electron chi connectivity index (χ0n) is 30.9. The number of carbonyl (C=O) groups is 7. The highest BCUT2D eigenvalue weighted by Gasteiger charge is 2.32. The van der Waals surface area contributed by atoms with Crippen LogP contribution in [0, 0.1) is 11.8 Å². The number of nitrogens with one attached hydrogen (secondary N) is 7. The summed E-state index contributed by atoms with van der Waals surface area (Å²) in [5, 5.41) is 21.8. The highest BCUT2D eigenvalue weighted by Crippen LogP contribution is 2.10. The molecule has 53 heavy (non-hydrogen) atoms. The molecule has 0 fully saturated rings. The molecule has 20 nitrogen and oxygen atoms in total. The largest absolute Gasteiger partial charge is 0.467 e. The molecular formula is C33H54N10O10. The number of hydrogen-bond acceptors (Lipinski definition) is 11. The van der Waals surface area contributed by atoms with Gasteiger partial charge in [-0.3, -0.25) is 29.6 Å². The smallest absolute Gasteiger partial charge is 0.408 e. The number of nitrogens with two attached hydrogens (primary N) is 2. The van der Waals surface area contributed by atoms with Gasteiger partial charge in [0.05, 0.1) is 13.7 Å². The molecule has 0 saturated heterocycles. The first-order chi connectivity index (χ1) is 25.0. The Hall–Kier alpha value is -5.66. The maximum absolute atomic E-state index is 13.6. The molecule has 20 heteroatoms. The summed E-state index contributed by atoms with van der Waals surface area (Å²) in [5.41, 5.74) is 15.7. The number of benzene rings is 1. The minimum absolute atomic E-state index is 0.0454. The van der Waals surface area contributed by atoms with Crippen molar-refractivity contribution in [1.82, 2.24) is 37.4 Å². The number of alkyl carbamates (subject to hydrolysis) is 1. The number of esters is 1. The molecule has 0 heterocycles. The monoisotopic (exact) mass is 750 g/mol. The Morgan fingerprint density at radius 3 is 1.96 bits per heavy atom. The zero-order chi connectivity index (χ0) is 40.1. The van der Waals surface area contributed by atoms with E-state index in [1.807, 2.05) is 25.3 Å². The molecule has 0 aliphatic heterocycles. The van der Waals surface area contributed by atoms with Gasteiger partial charge >= 0.3 is 18.1 Å². The fraction of sp³-hybridized carbons (Fsp3) is 0.576. The number of amides is 7. The van der Waals surface area contributed by atoms with Gasteiger partial charge in [0.25, 0.3) is 5.91 Å². The van der Waals surface area contributed by atoms with Crippen molar-refractivity contribution >= 4 is 47.7 Å². The van der Waals surface area contributed by atoms with E-state index in [0.717, 1.165) is 12.7 Å². The predicted molar refractivity (Wildman–Crippen MR) is 192 cm³/mol. The van der Waals surface area contributed by atoms with Crippen LogP contribution in [-0.2, 0) is 40.1 Å². The Morgan fingerprint density at radius 2 is 1.40 bits per heavy atom. The Morgan fingerprint density at radius 1 is 0.774 bits per heavy atom. The molecule has 0 bridgehead atoms. The van der Waals surface area contributed by atoms with Crippen LogP contribution in [0.1, 0.15) is 59.4 Å². The van der Waals surface area contributed by atoms with Crippen molar-refractivity contribution in [3.05, 3.63) is 35.9 Å². The predicted octanol–water partition coefficient (Wildman–Crippen LogP) is -1.62. The van der Waals surface area contributed by atoms with Crippen LogP contribution < -0.4 is 48.9 Å². The van der Waals surface area contributed by atoms with E-state index >= 15 is 0 Å². The zero-order valence-corrected chi connectivity index (χ0v) is 30.9. The molecule has 1 aromatic carbocycles. The molecule has 0 aliphatic carbocycles. The Balaban J connectivity index is 2.98. The molecule has 0 saturated carbocycles. The number of rotatable bonds is 20. The van der Waals surface area contributed by atoms with Gasteiger partial charge in [-0.1, -0.05) is 58.0 Å². The first-order valence-electron chi connectivity index (χ1n) is 17.0. The maximum Gasteiger partial charge on any atom is 0.408 e. The van der Waals surface area contributed by atoms with E-state index in [1.165, 1.54) is 6.92 Å². The van der Waals surface area contributed by atoms with Crippen molar-refractivity contribution in [2.75, 3.05) is 20.3 Å². The number of guanidine groups is 1. The molecule has 0 radical (unpaired) electrons. The van der Waals surface area contributed by atoms with Gasteiger partial charge in [-0.25, -0.2) is 19.8 Å². The summed E-state index contributed by atoms with van der Waals surface area (Å²) < 4.78 is 9.80. The fourth-order valence-electron chi connectivity index (χ4n) is 4.58. The molecule has 0 unspecified atom stereocenters. The van der Waals surface area contributed by atoms with Gasteiger partial charge in [0.2, 0.25) is 17.7 Å². The highest BCUT2D eigenvalue weighted by molar-refractivity contribution is 5.95. The number of hydrazine groups is 1. The lowest BCUT2D eigenvalue weighted by molar-refractivity contribution is -0.144. The van der Waals surface area contributed by atoms with Crippen molar-refractivity contribution < 1.29 is 48.1 Å². The normalized spacial score (nSPS) is 13.5. The van der Waals surface area contributed by atoms with Crippen molar-refractivity contribution in [2.45, 2.75) is 90.7 Å². The van der Waals surface area contributed by atoms with Crippen LogP contribution in [0.25, 0.3) is 0 Å². The lowest BCUT2D eigenvalue weighted by atomic mass is 9.99. The van der Waals surface area contributed by atoms with Crippen LogP contribution in [0.15, 0.2) is 35.3 Å². The molecule has 296 valence electrons. The van der Waals surface area contributed by atoms with Crippen molar-refractivity contribution in [1.29, 1.82) is 0 Å². The number of aliphatic hydroxyl groups is 1. The number of ether oxygens (including phenoxy) is 2. The molecule has 1 rings (SSSR count). The summed E-state index contributed by atoms with van der Waals surface area (Å²) in [6.45, 7) is 7.54. The second-order valence-electron chi connectivity index (χ2n) is 12.7. The summed E-state index contributed by atoms with van der Waals surface area (Å²) >= 11 is 0. The minimum Gasteiger partial charge on any atom is -0.467 e. The molecule has 0 spiro atoms. The summed E-state index contributed by atoms with van der Waals surface area (Å²) in [4.78, 5) is 93.1. The first kappa shape index (κ1) is 45.4. The average Bonchev–Trinajstić information content (AvgIpc) is 3.11. The van der Waals surface area contributed by atoms with Gasteiger partial charge in [-0.2, -0.15) is 0 Å². The van der Waals surface area contributed by atoms with Gasteiger partial charge in [0.15, 0.2) is 5.96 Å². The Bertz CT molecular complexity index is 1410. The number of nitrogens with zero attached hydrogens (tertiary/aromatic N) is 1. The van der Waals surface area contributed by atoms with E-state index in [1.54, 1.807) is 38.1 Å².